The van der Waals surface area contributed by atoms with E-state index in [0.717, 1.165) is 32.1 Å². The van der Waals surface area contributed by atoms with Crippen molar-refractivity contribution in [1.29, 1.82) is 0 Å². The topological polar surface area (TPSA) is 138 Å². The highest BCUT2D eigenvalue weighted by Gasteiger charge is 2.33. The first-order chi connectivity index (χ1) is 9.41. The molecule has 4 atom stereocenters. The average Bonchev–Trinajstić information content (AvgIpc) is 2.43. The fraction of sp³-hybridized carbons (Fsp3) is 0.923. The summed E-state index contributed by atoms with van der Waals surface area (Å²) in [7, 11) is 0. The summed E-state index contributed by atoms with van der Waals surface area (Å²) >= 11 is 0. The zero-order chi connectivity index (χ0) is 15.5. The summed E-state index contributed by atoms with van der Waals surface area (Å²) < 4.78 is 0. The second kappa shape index (κ2) is 11.0. The van der Waals surface area contributed by atoms with Gasteiger partial charge in [-0.3, -0.25) is 0 Å². The quantitative estimate of drug-likeness (QED) is 0.260. The van der Waals surface area contributed by atoms with E-state index in [1.807, 2.05) is 0 Å². The van der Waals surface area contributed by atoms with Crippen molar-refractivity contribution in [1.82, 2.24) is 0 Å². The Morgan fingerprint density at radius 2 is 1.30 bits per heavy atom. The summed E-state index contributed by atoms with van der Waals surface area (Å²) in [5.41, 5.74) is 0. The fourth-order valence-electron chi connectivity index (χ4n) is 1.90. The minimum absolute atomic E-state index is 0.189. The summed E-state index contributed by atoms with van der Waals surface area (Å²) in [5.74, 6) is -1.65. The normalized spacial score (nSPS) is 17.4. The molecule has 0 aromatic carbocycles. The van der Waals surface area contributed by atoms with Crippen LogP contribution in [0.25, 0.3) is 0 Å². The van der Waals surface area contributed by atoms with E-state index in [1.165, 1.54) is 0 Å². The Hall–Kier alpha value is -0.730. The smallest absolute Gasteiger partial charge is 0.335 e. The Labute approximate surface area is 118 Å². The maximum absolute atomic E-state index is 10.4. The molecule has 0 aliphatic carbocycles. The lowest BCUT2D eigenvalue weighted by molar-refractivity contribution is -0.163. The third-order valence-corrected chi connectivity index (χ3v) is 3.23. The maximum Gasteiger partial charge on any atom is 0.335 e. The van der Waals surface area contributed by atoms with Crippen molar-refractivity contribution in [3.63, 3.8) is 0 Å². The SMILES string of the molecule is O=C(O)C(O)C(O)C(O)C(O)CCCCCCCCO. The van der Waals surface area contributed by atoms with Gasteiger partial charge in [0.15, 0.2) is 6.10 Å². The number of unbranched alkanes of at least 4 members (excludes halogenated alkanes) is 5. The summed E-state index contributed by atoms with van der Waals surface area (Å²) in [6.45, 7) is 0.189. The first-order valence-corrected chi connectivity index (χ1v) is 6.97. The molecule has 0 bridgehead atoms. The molecule has 7 nitrogen and oxygen atoms in total. The number of hydrogen-bond acceptors (Lipinski definition) is 6. The van der Waals surface area contributed by atoms with Crippen LogP contribution in [0.3, 0.4) is 0 Å². The highest BCUT2D eigenvalue weighted by atomic mass is 16.4. The van der Waals surface area contributed by atoms with Gasteiger partial charge >= 0.3 is 5.97 Å². The number of hydrogen-bond donors (Lipinski definition) is 6. The number of rotatable bonds is 12. The van der Waals surface area contributed by atoms with Crippen molar-refractivity contribution >= 4 is 5.97 Å². The van der Waals surface area contributed by atoms with E-state index in [4.69, 9.17) is 15.3 Å². The lowest BCUT2D eigenvalue weighted by Gasteiger charge is -2.24. The average molecular weight is 294 g/mol. The van der Waals surface area contributed by atoms with E-state index in [-0.39, 0.29) is 13.0 Å². The molecule has 6 N–H and O–H groups in total. The van der Waals surface area contributed by atoms with Crippen molar-refractivity contribution < 1.29 is 35.4 Å². The minimum atomic E-state index is -2.11. The fourth-order valence-corrected chi connectivity index (χ4v) is 1.90. The molecule has 0 spiro atoms. The van der Waals surface area contributed by atoms with Crippen LogP contribution >= 0.6 is 0 Å². The van der Waals surface area contributed by atoms with Crippen LogP contribution in [0.1, 0.15) is 44.9 Å². The van der Waals surface area contributed by atoms with E-state index in [9.17, 15) is 20.1 Å². The summed E-state index contributed by atoms with van der Waals surface area (Å²) in [6.07, 6.45) is -1.61. The Balaban J connectivity index is 3.79. The number of aliphatic hydroxyl groups excluding tert-OH is 5. The van der Waals surface area contributed by atoms with E-state index in [0.29, 0.717) is 6.42 Å². The molecule has 0 rings (SSSR count). The van der Waals surface area contributed by atoms with Crippen LogP contribution in [0.15, 0.2) is 0 Å². The second-order valence-corrected chi connectivity index (χ2v) is 4.97. The zero-order valence-corrected chi connectivity index (χ0v) is 11.6. The molecule has 0 saturated heterocycles. The van der Waals surface area contributed by atoms with E-state index >= 15 is 0 Å². The van der Waals surface area contributed by atoms with Crippen molar-refractivity contribution in [3.8, 4) is 0 Å². The van der Waals surface area contributed by atoms with Crippen LogP contribution in [0.4, 0.5) is 0 Å². The highest BCUT2D eigenvalue weighted by Crippen LogP contribution is 2.13. The minimum Gasteiger partial charge on any atom is -0.479 e. The van der Waals surface area contributed by atoms with Crippen molar-refractivity contribution in [3.05, 3.63) is 0 Å². The molecule has 120 valence electrons. The summed E-state index contributed by atoms with van der Waals surface area (Å²) in [6, 6.07) is 0. The van der Waals surface area contributed by atoms with Crippen molar-refractivity contribution in [2.24, 2.45) is 0 Å². The largest absolute Gasteiger partial charge is 0.479 e. The standard InChI is InChI=1S/C13H26O7/c14-8-6-4-2-1-3-5-7-9(15)10(16)11(17)12(18)13(19)20/h9-12,14-18H,1-8H2,(H,19,20). The van der Waals surface area contributed by atoms with Gasteiger partial charge < -0.3 is 30.6 Å². The lowest BCUT2D eigenvalue weighted by atomic mass is 9.98. The Bertz CT molecular complexity index is 259. The highest BCUT2D eigenvalue weighted by molar-refractivity contribution is 5.72. The maximum atomic E-state index is 10.4. The van der Waals surface area contributed by atoms with Gasteiger partial charge in [0, 0.05) is 6.61 Å². The van der Waals surface area contributed by atoms with Gasteiger partial charge in [-0.15, -0.1) is 0 Å². The third-order valence-electron chi connectivity index (χ3n) is 3.23. The molecule has 0 aliphatic rings. The number of aliphatic hydroxyl groups is 5. The lowest BCUT2D eigenvalue weighted by Crippen LogP contribution is -2.47. The number of aliphatic carboxylic acids is 1. The van der Waals surface area contributed by atoms with Crippen LogP contribution in [0.2, 0.25) is 0 Å². The predicted octanol–water partition coefficient (Wildman–Crippen LogP) is -0.762. The molecule has 0 aromatic rings. The van der Waals surface area contributed by atoms with Crippen molar-refractivity contribution in [2.75, 3.05) is 6.61 Å². The van der Waals surface area contributed by atoms with Gasteiger partial charge in [-0.2, -0.15) is 0 Å². The molecule has 4 unspecified atom stereocenters. The molecule has 0 aromatic heterocycles. The van der Waals surface area contributed by atoms with Crippen LogP contribution in [-0.2, 0) is 4.79 Å². The molecular weight excluding hydrogens is 268 g/mol. The van der Waals surface area contributed by atoms with Gasteiger partial charge in [0.1, 0.15) is 12.2 Å². The third kappa shape index (κ3) is 7.76. The molecule has 0 amide bonds. The Kier molecular flexibility index (Phi) is 10.6. The molecule has 0 saturated carbocycles. The molecule has 7 heteroatoms. The summed E-state index contributed by atoms with van der Waals surface area (Å²) in [5, 5.41) is 54.6. The van der Waals surface area contributed by atoms with Crippen molar-refractivity contribution in [2.45, 2.75) is 69.4 Å². The van der Waals surface area contributed by atoms with E-state index < -0.39 is 30.4 Å². The Morgan fingerprint density at radius 1 is 0.800 bits per heavy atom. The second-order valence-electron chi connectivity index (χ2n) is 4.97. The number of carboxylic acids is 1. The number of carboxylic acid groups (broad SMARTS) is 1. The molecule has 0 heterocycles. The summed E-state index contributed by atoms with van der Waals surface area (Å²) in [4.78, 5) is 10.4. The van der Waals surface area contributed by atoms with Gasteiger partial charge in [0.05, 0.1) is 6.10 Å². The first kappa shape index (κ1) is 19.3. The van der Waals surface area contributed by atoms with Gasteiger partial charge in [0.25, 0.3) is 0 Å². The number of carbonyl (C=O) groups is 1. The molecule has 0 radical (unpaired) electrons. The van der Waals surface area contributed by atoms with E-state index in [1.54, 1.807) is 0 Å². The monoisotopic (exact) mass is 294 g/mol. The molecule has 0 fully saturated rings. The molecular formula is C13H26O7. The van der Waals surface area contributed by atoms with Crippen LogP contribution in [0.5, 0.6) is 0 Å². The van der Waals surface area contributed by atoms with Gasteiger partial charge in [-0.05, 0) is 12.8 Å². The van der Waals surface area contributed by atoms with Crippen LogP contribution < -0.4 is 0 Å². The van der Waals surface area contributed by atoms with E-state index in [2.05, 4.69) is 0 Å². The molecule has 20 heavy (non-hydrogen) atoms. The van der Waals surface area contributed by atoms with Gasteiger partial charge in [0.2, 0.25) is 0 Å². The zero-order valence-electron chi connectivity index (χ0n) is 11.6. The molecule has 0 aliphatic heterocycles. The van der Waals surface area contributed by atoms with Gasteiger partial charge in [-0.25, -0.2) is 4.79 Å². The van der Waals surface area contributed by atoms with Crippen LogP contribution in [0, 0.1) is 0 Å². The first-order valence-electron chi connectivity index (χ1n) is 6.97. The van der Waals surface area contributed by atoms with Crippen LogP contribution in [-0.4, -0.2) is 67.6 Å². The predicted molar refractivity (Wildman–Crippen MR) is 71.1 cm³/mol. The van der Waals surface area contributed by atoms with Gasteiger partial charge in [-0.1, -0.05) is 32.1 Å². The Morgan fingerprint density at radius 3 is 1.80 bits per heavy atom.